The second-order valence-corrected chi connectivity index (χ2v) is 4.90. The van der Waals surface area contributed by atoms with Gasteiger partial charge in [0.05, 0.1) is 7.11 Å². The fourth-order valence-electron chi connectivity index (χ4n) is 1.98. The maximum atomic E-state index is 10.9. The molecule has 0 aromatic heterocycles. The Kier molecular flexibility index (Phi) is 14.2. The maximum Gasteiger partial charge on any atom is 0.305 e. The van der Waals surface area contributed by atoms with Gasteiger partial charge in [0.2, 0.25) is 0 Å². The van der Waals surface area contributed by atoms with Gasteiger partial charge in [-0.3, -0.25) is 4.79 Å². The maximum absolute atomic E-state index is 10.9. The van der Waals surface area contributed by atoms with Gasteiger partial charge < -0.3 is 4.74 Å². The van der Waals surface area contributed by atoms with Crippen LogP contribution < -0.4 is 0 Å². The van der Waals surface area contributed by atoms with Crippen LogP contribution in [0.3, 0.4) is 0 Å². The third kappa shape index (κ3) is 14.9. The van der Waals surface area contributed by atoms with Crippen molar-refractivity contribution in [2.24, 2.45) is 0 Å². The second-order valence-electron chi connectivity index (χ2n) is 4.90. The Hall–Kier alpha value is -1.05. The number of allylic oxidation sites excluding steroid dienone is 4. The van der Waals surface area contributed by atoms with E-state index in [0.717, 1.165) is 12.8 Å². The summed E-state index contributed by atoms with van der Waals surface area (Å²) in [6, 6.07) is 0. The fourth-order valence-corrected chi connectivity index (χ4v) is 1.98. The minimum atomic E-state index is -0.0778. The molecule has 0 bridgehead atoms. The van der Waals surface area contributed by atoms with Crippen LogP contribution in [-0.2, 0) is 9.53 Å². The standard InChI is InChI=1S/C17H30O2/c1-3-4-5-6-7-8-9-10-11-12-13-14-15-16-17(18)19-2/h3-6H,7-16H2,1-2H3/b4-3+,6-5-. The Balaban J connectivity index is 3.09. The molecule has 0 N–H and O–H groups in total. The first-order chi connectivity index (χ1) is 9.31. The number of hydrogen-bond donors (Lipinski definition) is 0. The van der Waals surface area contributed by atoms with Crippen LogP contribution in [0.1, 0.15) is 71.1 Å². The van der Waals surface area contributed by atoms with Crippen molar-refractivity contribution in [3.8, 4) is 0 Å². The van der Waals surface area contributed by atoms with Gasteiger partial charge in [0.25, 0.3) is 0 Å². The van der Waals surface area contributed by atoms with Crippen LogP contribution in [0, 0.1) is 0 Å². The molecule has 0 saturated heterocycles. The highest BCUT2D eigenvalue weighted by Gasteiger charge is 1.98. The number of esters is 1. The first kappa shape index (κ1) is 17.9. The summed E-state index contributed by atoms with van der Waals surface area (Å²) in [6.07, 6.45) is 20.3. The van der Waals surface area contributed by atoms with Gasteiger partial charge in [-0.1, -0.05) is 62.8 Å². The molecule has 0 fully saturated rings. The molecule has 110 valence electrons. The summed E-state index contributed by atoms with van der Waals surface area (Å²) in [5.74, 6) is -0.0778. The zero-order chi connectivity index (χ0) is 14.2. The van der Waals surface area contributed by atoms with Crippen molar-refractivity contribution in [1.82, 2.24) is 0 Å². The van der Waals surface area contributed by atoms with Crippen molar-refractivity contribution >= 4 is 5.97 Å². The SMILES string of the molecule is C/C=C/C=C\CCCCCCCCCCC(=O)OC. The van der Waals surface area contributed by atoms with Gasteiger partial charge in [0, 0.05) is 6.42 Å². The number of methoxy groups -OCH3 is 1. The Morgan fingerprint density at radius 2 is 1.47 bits per heavy atom. The summed E-state index contributed by atoms with van der Waals surface area (Å²) in [4.78, 5) is 10.9. The molecule has 0 aliphatic carbocycles. The van der Waals surface area contributed by atoms with Crippen molar-refractivity contribution in [1.29, 1.82) is 0 Å². The smallest absolute Gasteiger partial charge is 0.305 e. The van der Waals surface area contributed by atoms with E-state index in [0.29, 0.717) is 6.42 Å². The third-order valence-electron chi connectivity index (χ3n) is 3.17. The number of unbranched alkanes of at least 4 members (excludes halogenated alkanes) is 8. The lowest BCUT2D eigenvalue weighted by Crippen LogP contribution is -1.99. The Labute approximate surface area is 118 Å². The first-order valence-corrected chi connectivity index (χ1v) is 7.66. The molecule has 0 radical (unpaired) electrons. The van der Waals surface area contributed by atoms with Crippen molar-refractivity contribution in [2.75, 3.05) is 7.11 Å². The quantitative estimate of drug-likeness (QED) is 0.276. The minimum absolute atomic E-state index is 0.0778. The summed E-state index contributed by atoms with van der Waals surface area (Å²) < 4.78 is 4.61. The number of carbonyl (C=O) groups is 1. The average molecular weight is 266 g/mol. The van der Waals surface area contributed by atoms with E-state index in [-0.39, 0.29) is 5.97 Å². The normalized spacial score (nSPS) is 11.5. The van der Waals surface area contributed by atoms with E-state index in [1.807, 2.05) is 6.92 Å². The van der Waals surface area contributed by atoms with Crippen LogP contribution in [-0.4, -0.2) is 13.1 Å². The van der Waals surface area contributed by atoms with E-state index in [1.165, 1.54) is 52.1 Å². The highest BCUT2D eigenvalue weighted by Crippen LogP contribution is 2.11. The lowest BCUT2D eigenvalue weighted by atomic mass is 10.1. The van der Waals surface area contributed by atoms with Gasteiger partial charge in [-0.05, 0) is 26.2 Å². The van der Waals surface area contributed by atoms with Crippen molar-refractivity contribution in [3.05, 3.63) is 24.3 Å². The molecule has 0 aliphatic heterocycles. The van der Waals surface area contributed by atoms with E-state index < -0.39 is 0 Å². The summed E-state index contributed by atoms with van der Waals surface area (Å²) >= 11 is 0. The molecule has 2 heteroatoms. The zero-order valence-electron chi connectivity index (χ0n) is 12.7. The van der Waals surface area contributed by atoms with Crippen molar-refractivity contribution in [3.63, 3.8) is 0 Å². The van der Waals surface area contributed by atoms with Gasteiger partial charge in [-0.25, -0.2) is 0 Å². The fraction of sp³-hybridized carbons (Fsp3) is 0.706. The van der Waals surface area contributed by atoms with E-state index in [2.05, 4.69) is 29.0 Å². The Morgan fingerprint density at radius 1 is 0.895 bits per heavy atom. The highest BCUT2D eigenvalue weighted by atomic mass is 16.5. The largest absolute Gasteiger partial charge is 0.469 e. The molecule has 0 rings (SSSR count). The van der Waals surface area contributed by atoms with Gasteiger partial charge in [-0.2, -0.15) is 0 Å². The van der Waals surface area contributed by atoms with Crippen LogP contribution in [0.2, 0.25) is 0 Å². The average Bonchev–Trinajstić information content (AvgIpc) is 2.43. The number of rotatable bonds is 12. The molecule has 0 aromatic carbocycles. The lowest BCUT2D eigenvalue weighted by molar-refractivity contribution is -0.140. The molecule has 0 spiro atoms. The van der Waals surface area contributed by atoms with Crippen molar-refractivity contribution < 1.29 is 9.53 Å². The summed E-state index contributed by atoms with van der Waals surface area (Å²) in [7, 11) is 1.45. The highest BCUT2D eigenvalue weighted by molar-refractivity contribution is 5.68. The summed E-state index contributed by atoms with van der Waals surface area (Å²) in [6.45, 7) is 2.04. The third-order valence-corrected chi connectivity index (χ3v) is 3.17. The summed E-state index contributed by atoms with van der Waals surface area (Å²) in [5.41, 5.74) is 0. The van der Waals surface area contributed by atoms with Crippen LogP contribution >= 0.6 is 0 Å². The Bertz CT molecular complexity index is 254. The molecular formula is C17H30O2. The van der Waals surface area contributed by atoms with Crippen LogP contribution in [0.5, 0.6) is 0 Å². The molecule has 0 aromatic rings. The van der Waals surface area contributed by atoms with E-state index in [4.69, 9.17) is 0 Å². The number of ether oxygens (including phenoxy) is 1. The molecule has 0 unspecified atom stereocenters. The van der Waals surface area contributed by atoms with Crippen LogP contribution in [0.4, 0.5) is 0 Å². The van der Waals surface area contributed by atoms with E-state index in [1.54, 1.807) is 0 Å². The first-order valence-electron chi connectivity index (χ1n) is 7.66. The van der Waals surface area contributed by atoms with E-state index >= 15 is 0 Å². The van der Waals surface area contributed by atoms with Gasteiger partial charge >= 0.3 is 5.97 Å². The molecular weight excluding hydrogens is 236 g/mol. The molecule has 0 aliphatic rings. The molecule has 0 atom stereocenters. The molecule has 2 nitrogen and oxygen atoms in total. The Morgan fingerprint density at radius 3 is 2.05 bits per heavy atom. The molecule has 0 saturated carbocycles. The zero-order valence-corrected chi connectivity index (χ0v) is 12.7. The summed E-state index contributed by atoms with van der Waals surface area (Å²) in [5, 5.41) is 0. The van der Waals surface area contributed by atoms with Gasteiger partial charge in [0.15, 0.2) is 0 Å². The predicted octanol–water partition coefficient (Wildman–Crippen LogP) is 5.19. The minimum Gasteiger partial charge on any atom is -0.469 e. The topological polar surface area (TPSA) is 26.3 Å². The lowest BCUT2D eigenvalue weighted by Gasteiger charge is -2.01. The second kappa shape index (κ2) is 15.0. The number of hydrogen-bond acceptors (Lipinski definition) is 2. The predicted molar refractivity (Wildman–Crippen MR) is 82.1 cm³/mol. The van der Waals surface area contributed by atoms with Gasteiger partial charge in [-0.15, -0.1) is 0 Å². The molecule has 0 heterocycles. The van der Waals surface area contributed by atoms with Crippen molar-refractivity contribution in [2.45, 2.75) is 71.1 Å². The van der Waals surface area contributed by atoms with Crippen LogP contribution in [0.15, 0.2) is 24.3 Å². The number of carbonyl (C=O) groups excluding carboxylic acids is 1. The monoisotopic (exact) mass is 266 g/mol. The van der Waals surface area contributed by atoms with Crippen LogP contribution in [0.25, 0.3) is 0 Å². The van der Waals surface area contributed by atoms with E-state index in [9.17, 15) is 4.79 Å². The molecule has 0 amide bonds. The van der Waals surface area contributed by atoms with Gasteiger partial charge in [0.1, 0.15) is 0 Å². The molecule has 19 heavy (non-hydrogen) atoms.